The normalized spacial score (nSPS) is 12.0. The second-order valence-electron chi connectivity index (χ2n) is 2.25. The van der Waals surface area contributed by atoms with Crippen molar-refractivity contribution in [2.75, 3.05) is 0 Å². The Labute approximate surface area is 65.3 Å². The molecule has 4 nitrogen and oxygen atoms in total. The van der Waals surface area contributed by atoms with Crippen molar-refractivity contribution >= 4 is 18.4 Å². The first-order valence-electron chi connectivity index (χ1n) is 3.44. The molecule has 0 fully saturated rings. The Morgan fingerprint density at radius 1 is 1.55 bits per heavy atom. The molecule has 0 saturated carbocycles. The Kier molecular flexibility index (Phi) is 4.98. The van der Waals surface area contributed by atoms with Crippen molar-refractivity contribution in [3.8, 4) is 0 Å². The zero-order valence-electron chi connectivity index (χ0n) is 6.21. The fraction of sp³-hybridized carbons (Fsp3) is 0.571. The van der Waals surface area contributed by atoms with Gasteiger partial charge in [-0.25, -0.2) is 0 Å². The monoisotopic (exact) mass is 156 g/mol. The number of unbranched alkanes of at least 4 members (excludes halogenated alkanes) is 1. The van der Waals surface area contributed by atoms with Crippen molar-refractivity contribution in [3.63, 3.8) is 0 Å². The van der Waals surface area contributed by atoms with Crippen LogP contribution in [0.1, 0.15) is 19.3 Å². The number of aliphatic carboxylic acids is 1. The van der Waals surface area contributed by atoms with Crippen LogP contribution in [0.3, 0.4) is 0 Å². The second kappa shape index (κ2) is 5.58. The number of rotatable bonds is 6. The number of hydrogen-bond donors (Lipinski definition) is 3. The zero-order chi connectivity index (χ0) is 8.69. The van der Waals surface area contributed by atoms with Gasteiger partial charge in [-0.05, 0) is 25.5 Å². The molecular weight excluding hydrogens is 144 g/mol. The van der Waals surface area contributed by atoms with E-state index >= 15 is 0 Å². The van der Waals surface area contributed by atoms with E-state index in [1.54, 1.807) is 0 Å². The molecule has 3 N–H and O–H groups in total. The topological polar surface area (TPSA) is 85.0 Å². The lowest BCUT2D eigenvalue weighted by Gasteiger charge is -2.02. The van der Waals surface area contributed by atoms with Crippen molar-refractivity contribution < 1.29 is 9.90 Å². The van der Waals surface area contributed by atoms with Gasteiger partial charge >= 0.3 is 5.97 Å². The van der Waals surface area contributed by atoms with Crippen LogP contribution in [-0.2, 0) is 4.79 Å². The Balaban J connectivity index is 3.60. The number of carboxylic acids is 1. The molecule has 0 spiro atoms. The van der Waals surface area contributed by atoms with Crippen LogP contribution in [-0.4, -0.2) is 23.5 Å². The SMILES string of the molecule is N=CCCCC(C=N)C(=O)O. The number of hydrogen-bond acceptors (Lipinski definition) is 3. The van der Waals surface area contributed by atoms with Crippen molar-refractivity contribution in [1.82, 2.24) is 0 Å². The van der Waals surface area contributed by atoms with E-state index in [2.05, 4.69) is 0 Å². The molecule has 0 aromatic carbocycles. The van der Waals surface area contributed by atoms with Crippen LogP contribution in [0.15, 0.2) is 0 Å². The smallest absolute Gasteiger partial charge is 0.311 e. The first-order chi connectivity index (χ1) is 5.22. The molecule has 0 bridgehead atoms. The van der Waals surface area contributed by atoms with E-state index in [0.29, 0.717) is 19.3 Å². The van der Waals surface area contributed by atoms with Gasteiger partial charge in [0, 0.05) is 6.21 Å². The van der Waals surface area contributed by atoms with Crippen LogP contribution in [0.4, 0.5) is 0 Å². The first kappa shape index (κ1) is 9.81. The maximum absolute atomic E-state index is 10.3. The third kappa shape index (κ3) is 4.25. The molecule has 0 saturated heterocycles. The molecule has 0 heterocycles. The van der Waals surface area contributed by atoms with Gasteiger partial charge in [-0.1, -0.05) is 0 Å². The summed E-state index contributed by atoms with van der Waals surface area (Å²) in [5.74, 6) is -1.63. The summed E-state index contributed by atoms with van der Waals surface area (Å²) in [4.78, 5) is 10.3. The molecule has 4 heteroatoms. The average molecular weight is 156 g/mol. The van der Waals surface area contributed by atoms with Gasteiger partial charge in [0.2, 0.25) is 0 Å². The van der Waals surface area contributed by atoms with Gasteiger partial charge in [0.25, 0.3) is 0 Å². The Hall–Kier alpha value is -1.19. The van der Waals surface area contributed by atoms with Crippen LogP contribution in [0.2, 0.25) is 0 Å². The van der Waals surface area contributed by atoms with E-state index in [1.165, 1.54) is 6.21 Å². The summed E-state index contributed by atoms with van der Waals surface area (Å²) < 4.78 is 0. The van der Waals surface area contributed by atoms with Crippen molar-refractivity contribution in [3.05, 3.63) is 0 Å². The summed E-state index contributed by atoms with van der Waals surface area (Å²) in [7, 11) is 0. The van der Waals surface area contributed by atoms with Gasteiger partial charge in [0.1, 0.15) is 0 Å². The Morgan fingerprint density at radius 3 is 2.55 bits per heavy atom. The van der Waals surface area contributed by atoms with Crippen LogP contribution < -0.4 is 0 Å². The minimum absolute atomic E-state index is 0.453. The summed E-state index contributed by atoms with van der Waals surface area (Å²) >= 11 is 0. The zero-order valence-corrected chi connectivity index (χ0v) is 6.21. The molecule has 1 unspecified atom stereocenters. The Morgan fingerprint density at radius 2 is 2.18 bits per heavy atom. The maximum Gasteiger partial charge on any atom is 0.311 e. The van der Waals surface area contributed by atoms with Crippen LogP contribution in [0.5, 0.6) is 0 Å². The summed E-state index contributed by atoms with van der Waals surface area (Å²) in [6, 6.07) is 0. The third-order valence-corrected chi connectivity index (χ3v) is 1.38. The van der Waals surface area contributed by atoms with E-state index in [-0.39, 0.29) is 0 Å². The molecule has 1 atom stereocenters. The quantitative estimate of drug-likeness (QED) is 0.398. The molecular formula is C7H12N2O2. The largest absolute Gasteiger partial charge is 0.481 e. The molecule has 0 aliphatic carbocycles. The molecule has 11 heavy (non-hydrogen) atoms. The summed E-state index contributed by atoms with van der Waals surface area (Å²) in [5, 5.41) is 21.9. The highest BCUT2D eigenvalue weighted by molar-refractivity contribution is 5.87. The minimum Gasteiger partial charge on any atom is -0.481 e. The summed E-state index contributed by atoms with van der Waals surface area (Å²) in [6.45, 7) is 0. The third-order valence-electron chi connectivity index (χ3n) is 1.38. The summed E-state index contributed by atoms with van der Waals surface area (Å²) in [6.07, 6.45) is 3.90. The molecule has 0 aromatic rings. The molecule has 0 rings (SSSR count). The van der Waals surface area contributed by atoms with E-state index in [1.807, 2.05) is 0 Å². The summed E-state index contributed by atoms with van der Waals surface area (Å²) in [5.41, 5.74) is 0. The predicted molar refractivity (Wildman–Crippen MR) is 42.5 cm³/mol. The first-order valence-corrected chi connectivity index (χ1v) is 3.44. The van der Waals surface area contributed by atoms with Crippen molar-refractivity contribution in [2.24, 2.45) is 5.92 Å². The molecule has 0 aromatic heterocycles. The highest BCUT2D eigenvalue weighted by Gasteiger charge is 2.12. The molecule has 0 aliphatic rings. The molecule has 0 aliphatic heterocycles. The van der Waals surface area contributed by atoms with E-state index in [0.717, 1.165) is 6.21 Å². The van der Waals surface area contributed by atoms with E-state index in [9.17, 15) is 4.79 Å². The number of nitrogens with one attached hydrogen (secondary N) is 2. The fourth-order valence-electron chi connectivity index (χ4n) is 0.718. The highest BCUT2D eigenvalue weighted by atomic mass is 16.4. The lowest BCUT2D eigenvalue weighted by Crippen LogP contribution is -2.14. The highest BCUT2D eigenvalue weighted by Crippen LogP contribution is 2.04. The van der Waals surface area contributed by atoms with E-state index < -0.39 is 11.9 Å². The standard InChI is InChI=1S/C7H12N2O2/c8-4-2-1-3-6(5-9)7(10)11/h4-6,8-9H,1-3H2,(H,10,11). The second-order valence-corrected chi connectivity index (χ2v) is 2.25. The van der Waals surface area contributed by atoms with Crippen LogP contribution >= 0.6 is 0 Å². The van der Waals surface area contributed by atoms with Gasteiger partial charge < -0.3 is 15.9 Å². The average Bonchev–Trinajstić information content (AvgIpc) is 1.97. The van der Waals surface area contributed by atoms with E-state index in [4.69, 9.17) is 15.9 Å². The maximum atomic E-state index is 10.3. The number of carboxylic acid groups (broad SMARTS) is 1. The predicted octanol–water partition coefficient (Wildman–Crippen LogP) is 1.16. The molecule has 0 amide bonds. The lowest BCUT2D eigenvalue weighted by molar-refractivity contribution is -0.139. The minimum atomic E-state index is -0.954. The Bertz CT molecular complexity index is 157. The van der Waals surface area contributed by atoms with Gasteiger partial charge in [-0.3, -0.25) is 4.79 Å². The van der Waals surface area contributed by atoms with Gasteiger partial charge in [0.05, 0.1) is 5.92 Å². The van der Waals surface area contributed by atoms with Gasteiger partial charge in [-0.2, -0.15) is 0 Å². The molecule has 62 valence electrons. The van der Waals surface area contributed by atoms with Crippen molar-refractivity contribution in [2.45, 2.75) is 19.3 Å². The van der Waals surface area contributed by atoms with Crippen molar-refractivity contribution in [1.29, 1.82) is 10.8 Å². The lowest BCUT2D eigenvalue weighted by atomic mass is 10.0. The van der Waals surface area contributed by atoms with Crippen LogP contribution in [0, 0.1) is 16.7 Å². The fourth-order valence-corrected chi connectivity index (χ4v) is 0.718. The van der Waals surface area contributed by atoms with Crippen LogP contribution in [0.25, 0.3) is 0 Å². The number of carbonyl (C=O) groups is 1. The van der Waals surface area contributed by atoms with Gasteiger partial charge in [0.15, 0.2) is 0 Å². The molecule has 0 radical (unpaired) electrons. The van der Waals surface area contributed by atoms with Gasteiger partial charge in [-0.15, -0.1) is 0 Å².